The summed E-state index contributed by atoms with van der Waals surface area (Å²) in [7, 11) is 0. The molecule has 0 saturated carbocycles. The first-order valence-electron chi connectivity index (χ1n) is 5.70. The average molecular weight is 237 g/mol. The predicted molar refractivity (Wildman–Crippen MR) is 68.7 cm³/mol. The van der Waals surface area contributed by atoms with Crippen molar-refractivity contribution in [1.82, 2.24) is 5.32 Å². The molecular formula is C14H20FNO. The van der Waals surface area contributed by atoms with Gasteiger partial charge in [-0.2, -0.15) is 0 Å². The van der Waals surface area contributed by atoms with Crippen molar-refractivity contribution in [3.63, 3.8) is 0 Å². The highest BCUT2D eigenvalue weighted by molar-refractivity contribution is 5.35. The van der Waals surface area contributed by atoms with Gasteiger partial charge in [-0.25, -0.2) is 4.39 Å². The van der Waals surface area contributed by atoms with Gasteiger partial charge in [0.25, 0.3) is 0 Å². The predicted octanol–water partition coefficient (Wildman–Crippen LogP) is 3.28. The number of para-hydroxylation sites is 1. The summed E-state index contributed by atoms with van der Waals surface area (Å²) in [6.45, 7) is 10.6. The minimum Gasteiger partial charge on any atom is -0.486 e. The molecule has 0 radical (unpaired) electrons. The second-order valence-corrected chi connectivity index (χ2v) is 4.93. The Labute approximate surface area is 102 Å². The number of ether oxygens (including phenoxy) is 1. The van der Waals surface area contributed by atoms with Gasteiger partial charge in [0.15, 0.2) is 11.6 Å². The van der Waals surface area contributed by atoms with Crippen LogP contribution in [0.15, 0.2) is 30.9 Å². The highest BCUT2D eigenvalue weighted by Crippen LogP contribution is 2.23. The highest BCUT2D eigenvalue weighted by atomic mass is 19.1. The zero-order chi connectivity index (χ0) is 12.9. The first-order valence-corrected chi connectivity index (χ1v) is 5.70. The number of nitrogens with one attached hydrogen (secondary N) is 1. The van der Waals surface area contributed by atoms with E-state index in [1.807, 2.05) is 6.07 Å². The molecule has 0 fully saturated rings. The molecule has 0 bridgehead atoms. The van der Waals surface area contributed by atoms with Gasteiger partial charge in [0.05, 0.1) is 0 Å². The lowest BCUT2D eigenvalue weighted by molar-refractivity contribution is 0.332. The fraction of sp³-hybridized carbons (Fsp3) is 0.429. The Bertz CT molecular complexity index is 382. The van der Waals surface area contributed by atoms with Crippen molar-refractivity contribution in [3.8, 4) is 5.75 Å². The van der Waals surface area contributed by atoms with E-state index in [-0.39, 0.29) is 11.4 Å². The smallest absolute Gasteiger partial charge is 0.165 e. The van der Waals surface area contributed by atoms with E-state index in [4.69, 9.17) is 4.74 Å². The molecule has 1 aromatic carbocycles. The summed E-state index contributed by atoms with van der Waals surface area (Å²) in [5.74, 6) is -0.0239. The molecular weight excluding hydrogens is 217 g/mol. The monoisotopic (exact) mass is 237 g/mol. The zero-order valence-electron chi connectivity index (χ0n) is 10.7. The molecule has 0 atom stereocenters. The third kappa shape index (κ3) is 4.57. The molecule has 3 heteroatoms. The van der Waals surface area contributed by atoms with Crippen LogP contribution in [-0.4, -0.2) is 12.1 Å². The maximum absolute atomic E-state index is 13.6. The lowest BCUT2D eigenvalue weighted by Crippen LogP contribution is -2.35. The Morgan fingerprint density at radius 3 is 2.71 bits per heavy atom. The maximum Gasteiger partial charge on any atom is 0.165 e. The van der Waals surface area contributed by atoms with Crippen molar-refractivity contribution in [1.29, 1.82) is 0 Å². The van der Waals surface area contributed by atoms with Gasteiger partial charge in [0.2, 0.25) is 0 Å². The molecule has 0 aromatic heterocycles. The van der Waals surface area contributed by atoms with Crippen molar-refractivity contribution < 1.29 is 9.13 Å². The molecule has 0 aliphatic carbocycles. The largest absolute Gasteiger partial charge is 0.486 e. The summed E-state index contributed by atoms with van der Waals surface area (Å²) in [4.78, 5) is 0. The van der Waals surface area contributed by atoms with E-state index in [0.717, 1.165) is 5.56 Å². The van der Waals surface area contributed by atoms with Crippen molar-refractivity contribution >= 4 is 0 Å². The van der Waals surface area contributed by atoms with Crippen molar-refractivity contribution in [3.05, 3.63) is 42.2 Å². The maximum atomic E-state index is 13.6. The molecule has 0 heterocycles. The topological polar surface area (TPSA) is 21.3 Å². The summed E-state index contributed by atoms with van der Waals surface area (Å²) in [5, 5.41) is 3.31. The summed E-state index contributed by atoms with van der Waals surface area (Å²) in [5.41, 5.74) is 0.809. The van der Waals surface area contributed by atoms with Crippen LogP contribution in [-0.2, 0) is 6.54 Å². The van der Waals surface area contributed by atoms with Gasteiger partial charge >= 0.3 is 0 Å². The Morgan fingerprint density at radius 2 is 2.12 bits per heavy atom. The second-order valence-electron chi connectivity index (χ2n) is 4.93. The molecule has 2 nitrogen and oxygen atoms in total. The zero-order valence-corrected chi connectivity index (χ0v) is 10.7. The van der Waals surface area contributed by atoms with E-state index in [2.05, 4.69) is 32.7 Å². The number of benzene rings is 1. The van der Waals surface area contributed by atoms with Crippen LogP contribution in [0.25, 0.3) is 0 Å². The molecule has 0 amide bonds. The molecule has 0 spiro atoms. The van der Waals surface area contributed by atoms with Crippen LogP contribution in [0.2, 0.25) is 0 Å². The molecule has 94 valence electrons. The number of hydrogen-bond donors (Lipinski definition) is 1. The lowest BCUT2D eigenvalue weighted by Gasteiger charge is -2.21. The minimum atomic E-state index is -0.333. The molecule has 1 aromatic rings. The van der Waals surface area contributed by atoms with Crippen LogP contribution >= 0.6 is 0 Å². The lowest BCUT2D eigenvalue weighted by atomic mass is 10.1. The van der Waals surface area contributed by atoms with Crippen molar-refractivity contribution in [2.24, 2.45) is 0 Å². The SMILES string of the molecule is C=CCOc1c(F)cccc1CNC(C)(C)C. The van der Waals surface area contributed by atoms with Gasteiger partial charge in [0, 0.05) is 17.6 Å². The molecule has 0 aliphatic rings. The van der Waals surface area contributed by atoms with Gasteiger partial charge in [-0.1, -0.05) is 24.8 Å². The van der Waals surface area contributed by atoms with E-state index in [1.54, 1.807) is 12.1 Å². The van der Waals surface area contributed by atoms with Crippen molar-refractivity contribution in [2.45, 2.75) is 32.9 Å². The molecule has 17 heavy (non-hydrogen) atoms. The van der Waals surface area contributed by atoms with E-state index >= 15 is 0 Å². The Morgan fingerprint density at radius 1 is 1.41 bits per heavy atom. The van der Waals surface area contributed by atoms with E-state index in [0.29, 0.717) is 18.9 Å². The average Bonchev–Trinajstić information content (AvgIpc) is 2.24. The number of halogens is 1. The Hall–Kier alpha value is -1.35. The van der Waals surface area contributed by atoms with Crippen LogP contribution in [0.4, 0.5) is 4.39 Å². The molecule has 1 rings (SSSR count). The summed E-state index contributed by atoms with van der Waals surface area (Å²) >= 11 is 0. The Balaban J connectivity index is 2.82. The van der Waals surface area contributed by atoms with Gasteiger partial charge in [-0.05, 0) is 26.8 Å². The molecule has 0 unspecified atom stereocenters. The minimum absolute atomic E-state index is 0.0119. The second kappa shape index (κ2) is 5.82. The van der Waals surface area contributed by atoms with Crippen LogP contribution in [0.3, 0.4) is 0 Å². The third-order valence-electron chi connectivity index (χ3n) is 2.20. The van der Waals surface area contributed by atoms with Gasteiger partial charge in [-0.3, -0.25) is 0 Å². The van der Waals surface area contributed by atoms with Crippen LogP contribution in [0.1, 0.15) is 26.3 Å². The van der Waals surface area contributed by atoms with E-state index in [1.165, 1.54) is 6.07 Å². The van der Waals surface area contributed by atoms with Crippen LogP contribution < -0.4 is 10.1 Å². The quantitative estimate of drug-likeness (QED) is 0.793. The van der Waals surface area contributed by atoms with E-state index < -0.39 is 0 Å². The fourth-order valence-electron chi connectivity index (χ4n) is 1.36. The van der Waals surface area contributed by atoms with Gasteiger partial charge in [-0.15, -0.1) is 0 Å². The third-order valence-corrected chi connectivity index (χ3v) is 2.20. The van der Waals surface area contributed by atoms with Gasteiger partial charge < -0.3 is 10.1 Å². The first-order chi connectivity index (χ1) is 7.94. The number of rotatable bonds is 5. The number of hydrogen-bond acceptors (Lipinski definition) is 2. The van der Waals surface area contributed by atoms with Gasteiger partial charge in [0.1, 0.15) is 6.61 Å². The highest BCUT2D eigenvalue weighted by Gasteiger charge is 2.13. The first kappa shape index (κ1) is 13.7. The fourth-order valence-corrected chi connectivity index (χ4v) is 1.36. The standard InChI is InChI=1S/C14H20FNO/c1-5-9-17-13-11(7-6-8-12(13)15)10-16-14(2,3)4/h5-8,16H,1,9-10H2,2-4H3. The summed E-state index contributed by atoms with van der Waals surface area (Å²) in [6, 6.07) is 4.95. The van der Waals surface area contributed by atoms with E-state index in [9.17, 15) is 4.39 Å². The van der Waals surface area contributed by atoms with Crippen molar-refractivity contribution in [2.75, 3.05) is 6.61 Å². The normalized spacial score (nSPS) is 11.3. The van der Waals surface area contributed by atoms with Crippen LogP contribution in [0.5, 0.6) is 5.75 Å². The summed E-state index contributed by atoms with van der Waals surface area (Å²) in [6.07, 6.45) is 1.60. The molecule has 1 N–H and O–H groups in total. The summed E-state index contributed by atoms with van der Waals surface area (Å²) < 4.78 is 19.0. The molecule has 0 saturated heterocycles. The van der Waals surface area contributed by atoms with Crippen LogP contribution in [0, 0.1) is 5.82 Å². The Kier molecular flexibility index (Phi) is 4.70. The molecule has 0 aliphatic heterocycles.